The maximum Gasteiger partial charge on any atom is 0.270 e. The number of benzene rings is 2. The molecule has 1 atom stereocenters. The third-order valence-electron chi connectivity index (χ3n) is 4.00. The van der Waals surface area contributed by atoms with Crippen LogP contribution in [0, 0.1) is 10.1 Å². The summed E-state index contributed by atoms with van der Waals surface area (Å²) in [5.41, 5.74) is 1.64. The lowest BCUT2D eigenvalue weighted by atomic mass is 10.0. The van der Waals surface area contributed by atoms with Gasteiger partial charge in [0.25, 0.3) is 5.69 Å². The quantitative estimate of drug-likeness (QED) is 0.342. The van der Waals surface area contributed by atoms with Gasteiger partial charge in [-0.15, -0.1) is 11.3 Å². The summed E-state index contributed by atoms with van der Waals surface area (Å²) < 4.78 is 1.34. The first-order valence-corrected chi connectivity index (χ1v) is 10.2. The molecule has 3 rings (SSSR count). The van der Waals surface area contributed by atoms with Crippen molar-refractivity contribution in [2.24, 2.45) is 0 Å². The summed E-state index contributed by atoms with van der Waals surface area (Å²) in [5.74, 6) is -0.249. The van der Waals surface area contributed by atoms with Crippen molar-refractivity contribution in [1.82, 2.24) is 10.3 Å². The molecule has 0 bridgehead atoms. The predicted octanol–water partition coefficient (Wildman–Crippen LogP) is 3.61. The molecule has 0 aliphatic rings. The van der Waals surface area contributed by atoms with Crippen LogP contribution in [0.5, 0.6) is 0 Å². The van der Waals surface area contributed by atoms with Crippen molar-refractivity contribution < 1.29 is 14.5 Å². The molecule has 0 unspecified atom stereocenters. The van der Waals surface area contributed by atoms with Crippen LogP contribution in [0.3, 0.4) is 0 Å². The Morgan fingerprint density at radius 3 is 2.68 bits per heavy atom. The minimum Gasteiger partial charge on any atom is -0.345 e. The highest BCUT2D eigenvalue weighted by molar-refractivity contribution is 8.01. The van der Waals surface area contributed by atoms with Gasteiger partial charge in [-0.05, 0) is 25.0 Å². The fraction of sp³-hybridized carbons (Fsp3) is 0.211. The lowest BCUT2D eigenvalue weighted by Crippen LogP contribution is -2.42. The van der Waals surface area contributed by atoms with Gasteiger partial charge >= 0.3 is 0 Å². The first-order chi connectivity index (χ1) is 13.4. The van der Waals surface area contributed by atoms with E-state index in [0.717, 1.165) is 5.56 Å². The zero-order valence-corrected chi connectivity index (χ0v) is 16.6. The molecule has 0 spiro atoms. The summed E-state index contributed by atoms with van der Waals surface area (Å²) in [6.07, 6.45) is 0.442. The van der Waals surface area contributed by atoms with E-state index in [9.17, 15) is 19.7 Å². The lowest BCUT2D eigenvalue weighted by Gasteiger charge is -2.15. The van der Waals surface area contributed by atoms with Crippen molar-refractivity contribution >= 4 is 50.7 Å². The van der Waals surface area contributed by atoms with Gasteiger partial charge in [-0.1, -0.05) is 42.1 Å². The van der Waals surface area contributed by atoms with Crippen LogP contribution in [0.1, 0.15) is 12.5 Å². The number of carbonyl (C=O) groups excluding carboxylic acids is 2. The van der Waals surface area contributed by atoms with E-state index in [0.29, 0.717) is 21.0 Å². The van der Waals surface area contributed by atoms with Gasteiger partial charge < -0.3 is 5.32 Å². The monoisotopic (exact) mass is 415 g/mol. The molecule has 7 nitrogen and oxygen atoms in total. The molecule has 0 saturated heterocycles. The summed E-state index contributed by atoms with van der Waals surface area (Å²) >= 11 is 2.54. The van der Waals surface area contributed by atoms with E-state index in [-0.39, 0.29) is 23.1 Å². The molecule has 0 fully saturated rings. The molecule has 1 amide bonds. The Morgan fingerprint density at radius 1 is 1.25 bits per heavy atom. The van der Waals surface area contributed by atoms with Gasteiger partial charge in [0.1, 0.15) is 0 Å². The van der Waals surface area contributed by atoms with Crippen LogP contribution in [-0.4, -0.2) is 33.4 Å². The summed E-state index contributed by atoms with van der Waals surface area (Å²) in [4.78, 5) is 38.9. The summed E-state index contributed by atoms with van der Waals surface area (Å²) in [6.45, 7) is 1.46. The van der Waals surface area contributed by atoms with Gasteiger partial charge in [0.2, 0.25) is 5.91 Å². The molecule has 28 heavy (non-hydrogen) atoms. The predicted molar refractivity (Wildman–Crippen MR) is 110 cm³/mol. The molecule has 0 aliphatic heterocycles. The number of nitro benzene ring substituents is 1. The van der Waals surface area contributed by atoms with Crippen molar-refractivity contribution in [2.75, 3.05) is 5.75 Å². The van der Waals surface area contributed by atoms with Gasteiger partial charge in [0.05, 0.1) is 26.9 Å². The topological polar surface area (TPSA) is 102 Å². The van der Waals surface area contributed by atoms with Crippen molar-refractivity contribution in [3.05, 3.63) is 64.2 Å². The molecule has 1 aromatic heterocycles. The number of amides is 1. The maximum atomic E-state index is 12.3. The molecule has 0 saturated carbocycles. The van der Waals surface area contributed by atoms with E-state index in [1.54, 1.807) is 6.07 Å². The van der Waals surface area contributed by atoms with E-state index >= 15 is 0 Å². The molecule has 1 N–H and O–H groups in total. The number of ketones is 1. The number of rotatable bonds is 8. The Balaban J connectivity index is 1.60. The van der Waals surface area contributed by atoms with Crippen molar-refractivity contribution in [3.63, 3.8) is 0 Å². The van der Waals surface area contributed by atoms with Crippen LogP contribution in [0.15, 0.2) is 52.9 Å². The second-order valence-electron chi connectivity index (χ2n) is 6.10. The van der Waals surface area contributed by atoms with E-state index < -0.39 is 11.0 Å². The number of non-ortho nitro benzene ring substituents is 1. The van der Waals surface area contributed by atoms with Gasteiger partial charge in [0, 0.05) is 12.1 Å². The third-order valence-corrected chi connectivity index (χ3v) is 6.16. The van der Waals surface area contributed by atoms with Crippen LogP contribution in [0.2, 0.25) is 0 Å². The Labute approximate surface area is 169 Å². The Morgan fingerprint density at radius 2 is 2.00 bits per heavy atom. The van der Waals surface area contributed by atoms with Gasteiger partial charge in [-0.25, -0.2) is 4.98 Å². The summed E-state index contributed by atoms with van der Waals surface area (Å²) in [7, 11) is 0. The van der Waals surface area contributed by atoms with Gasteiger partial charge in [-0.2, -0.15) is 0 Å². The number of hydrogen-bond acceptors (Lipinski definition) is 7. The second kappa shape index (κ2) is 8.94. The van der Waals surface area contributed by atoms with Crippen molar-refractivity contribution in [3.8, 4) is 0 Å². The number of hydrogen-bond donors (Lipinski definition) is 1. The van der Waals surface area contributed by atoms with Crippen LogP contribution < -0.4 is 5.32 Å². The number of nitrogens with one attached hydrogen (secondary N) is 1. The molecular formula is C19H17N3O4S2. The molecule has 0 aliphatic carbocycles. The zero-order chi connectivity index (χ0) is 20.1. The largest absolute Gasteiger partial charge is 0.345 e. The minimum atomic E-state index is -0.575. The zero-order valence-electron chi connectivity index (χ0n) is 15.0. The standard InChI is InChI=1S/C19H17N3O4S2/c1-12(23)16(9-13-5-3-2-4-6-13)20-18(24)11-27-19-21-15-8-7-14(22(25)26)10-17(15)28-19/h2-8,10,16H,9,11H2,1H3,(H,20,24)/t16-/m0/s1. The number of nitro groups is 1. The molecule has 2 aromatic carbocycles. The Hall–Kier alpha value is -2.78. The number of aromatic nitrogens is 1. The smallest absolute Gasteiger partial charge is 0.270 e. The van der Waals surface area contributed by atoms with Gasteiger partial charge in [0.15, 0.2) is 10.1 Å². The van der Waals surface area contributed by atoms with E-state index in [1.807, 2.05) is 30.3 Å². The molecule has 144 valence electrons. The first-order valence-electron chi connectivity index (χ1n) is 8.44. The lowest BCUT2D eigenvalue weighted by molar-refractivity contribution is -0.384. The number of Topliss-reactive ketones (excluding diaryl/α,β-unsaturated/α-hetero) is 1. The number of thioether (sulfide) groups is 1. The number of nitrogens with zero attached hydrogens (tertiary/aromatic N) is 2. The molecular weight excluding hydrogens is 398 g/mol. The van der Waals surface area contributed by atoms with Crippen molar-refractivity contribution in [1.29, 1.82) is 0 Å². The number of fused-ring (bicyclic) bond motifs is 1. The van der Waals surface area contributed by atoms with E-state index in [4.69, 9.17) is 0 Å². The Bertz CT molecular complexity index is 1020. The fourth-order valence-electron chi connectivity index (χ4n) is 2.58. The molecule has 1 heterocycles. The highest BCUT2D eigenvalue weighted by Crippen LogP contribution is 2.31. The summed E-state index contributed by atoms with van der Waals surface area (Å²) in [6, 6.07) is 13.4. The average Bonchev–Trinajstić information content (AvgIpc) is 3.08. The second-order valence-corrected chi connectivity index (χ2v) is 8.35. The number of carbonyl (C=O) groups is 2. The Kier molecular flexibility index (Phi) is 6.37. The first kappa shape index (κ1) is 20.0. The van der Waals surface area contributed by atoms with E-state index in [2.05, 4.69) is 10.3 Å². The maximum absolute atomic E-state index is 12.3. The van der Waals surface area contributed by atoms with Crippen LogP contribution in [0.25, 0.3) is 10.2 Å². The SMILES string of the molecule is CC(=O)[C@H](Cc1ccccc1)NC(=O)CSc1nc2ccc([N+](=O)[O-])cc2s1. The van der Waals surface area contributed by atoms with Crippen molar-refractivity contribution in [2.45, 2.75) is 23.7 Å². The minimum absolute atomic E-state index is 0.00987. The highest BCUT2D eigenvalue weighted by Gasteiger charge is 2.18. The molecule has 3 aromatic rings. The summed E-state index contributed by atoms with van der Waals surface area (Å²) in [5, 5.41) is 13.6. The van der Waals surface area contributed by atoms with Crippen LogP contribution >= 0.6 is 23.1 Å². The normalized spacial score (nSPS) is 11.9. The number of thiazole rings is 1. The van der Waals surface area contributed by atoms with Gasteiger partial charge in [-0.3, -0.25) is 19.7 Å². The third kappa shape index (κ3) is 5.14. The average molecular weight is 415 g/mol. The van der Waals surface area contributed by atoms with Crippen LogP contribution in [-0.2, 0) is 16.0 Å². The van der Waals surface area contributed by atoms with E-state index in [1.165, 1.54) is 42.2 Å². The highest BCUT2D eigenvalue weighted by atomic mass is 32.2. The molecule has 0 radical (unpaired) electrons. The van der Waals surface area contributed by atoms with Crippen LogP contribution in [0.4, 0.5) is 5.69 Å². The molecule has 9 heteroatoms. The fourth-order valence-corrected chi connectivity index (χ4v) is 4.49.